The van der Waals surface area contributed by atoms with Crippen molar-refractivity contribution in [3.8, 4) is 22.3 Å². The lowest BCUT2D eigenvalue weighted by molar-refractivity contribution is 1.76. The zero-order chi connectivity index (χ0) is 28.0. The Morgan fingerprint density at radius 1 is 0.205 bits per heavy atom. The van der Waals surface area contributed by atoms with Crippen LogP contribution in [-0.4, -0.2) is 0 Å². The number of benzene rings is 12. The molecule has 0 fully saturated rings. The highest BCUT2D eigenvalue weighted by Gasteiger charge is 2.29. The molecule has 0 unspecified atom stereocenters. The fourth-order valence-corrected chi connectivity index (χ4v) is 9.57. The van der Waals surface area contributed by atoms with Crippen LogP contribution in [0.5, 0.6) is 0 Å². The van der Waals surface area contributed by atoms with Gasteiger partial charge in [0.15, 0.2) is 0 Å². The molecule has 0 heteroatoms. The molecule has 0 saturated carbocycles. The Labute approximate surface area is 250 Å². The highest BCUT2D eigenvalue weighted by Crippen LogP contribution is 2.57. The third-order valence-corrected chi connectivity index (χ3v) is 11.3. The van der Waals surface area contributed by atoms with Crippen LogP contribution >= 0.6 is 0 Å². The highest BCUT2D eigenvalue weighted by molar-refractivity contribution is 6.47. The van der Waals surface area contributed by atoms with Crippen LogP contribution in [0.1, 0.15) is 0 Å². The summed E-state index contributed by atoms with van der Waals surface area (Å²) in [6.45, 7) is 0. The molecule has 0 aliphatic heterocycles. The summed E-state index contributed by atoms with van der Waals surface area (Å²) in [7, 11) is 0. The van der Waals surface area contributed by atoms with E-state index in [1.54, 1.807) is 0 Å². The standard InChI is InChI=1S/C44H20/c1-2-21-8-11-26-16-29-19-32-33(20-31(29)30-15-14-22(3-1)36(21)37(26)30)35-18-28-13-10-25-7-5-23-4-6-24-9-12-27-17-34(32)43(35)44-41(27)39(24)38(23)40(25)42(28)44/h1-20H. The normalized spacial score (nSPS) is 13.5. The van der Waals surface area contributed by atoms with Gasteiger partial charge in [-0.25, -0.2) is 0 Å². The van der Waals surface area contributed by atoms with Gasteiger partial charge in [-0.2, -0.15) is 0 Å². The van der Waals surface area contributed by atoms with Crippen molar-refractivity contribution >= 4 is 108 Å². The minimum atomic E-state index is 1.32. The maximum atomic E-state index is 2.51. The average molecular weight is 549 g/mol. The molecule has 12 aromatic rings. The van der Waals surface area contributed by atoms with E-state index in [2.05, 4.69) is 121 Å². The van der Waals surface area contributed by atoms with E-state index < -0.39 is 0 Å². The van der Waals surface area contributed by atoms with Gasteiger partial charge >= 0.3 is 0 Å². The van der Waals surface area contributed by atoms with Gasteiger partial charge in [-0.05, 0) is 160 Å². The summed E-state index contributed by atoms with van der Waals surface area (Å²) in [5.41, 5.74) is 5.50. The zero-order valence-corrected chi connectivity index (χ0v) is 23.5. The highest BCUT2D eigenvalue weighted by atomic mass is 14.3. The van der Waals surface area contributed by atoms with Crippen LogP contribution in [0.25, 0.3) is 130 Å². The molecule has 12 aromatic carbocycles. The molecular formula is C44H20. The van der Waals surface area contributed by atoms with Crippen LogP contribution in [0.15, 0.2) is 121 Å². The SMILES string of the molecule is c1cc2ccc3cc4cc5c(cc4c4ccc(c1)c2c34)-c1cc2ccc3ccc4ccc6ccc7cc-5c1c1c7c6c4c3c21. The summed E-state index contributed by atoms with van der Waals surface area (Å²) in [6.07, 6.45) is 0. The molecule has 0 saturated heterocycles. The molecule has 0 spiro atoms. The number of hydrogen-bond acceptors (Lipinski definition) is 0. The van der Waals surface area contributed by atoms with Gasteiger partial charge in [0, 0.05) is 0 Å². The minimum absolute atomic E-state index is 1.32. The summed E-state index contributed by atoms with van der Waals surface area (Å²) in [4.78, 5) is 0. The Morgan fingerprint density at radius 3 is 1.23 bits per heavy atom. The Balaban J connectivity index is 1.27. The molecule has 13 rings (SSSR count). The molecule has 0 bridgehead atoms. The van der Waals surface area contributed by atoms with Gasteiger partial charge in [0.1, 0.15) is 0 Å². The molecular weight excluding hydrogens is 528 g/mol. The fourth-order valence-electron chi connectivity index (χ4n) is 9.57. The molecule has 0 aromatic heterocycles. The van der Waals surface area contributed by atoms with E-state index in [0.717, 1.165) is 0 Å². The smallest absolute Gasteiger partial charge is 0.000137 e. The number of rotatable bonds is 0. The number of fused-ring (bicyclic) bond motifs is 5. The van der Waals surface area contributed by atoms with Crippen molar-refractivity contribution in [2.75, 3.05) is 0 Å². The third-order valence-electron chi connectivity index (χ3n) is 11.3. The predicted octanol–water partition coefficient (Wildman–Crippen LogP) is 12.6. The molecule has 0 amide bonds. The molecule has 1 aliphatic carbocycles. The second kappa shape index (κ2) is 6.59. The zero-order valence-electron chi connectivity index (χ0n) is 23.5. The van der Waals surface area contributed by atoms with Crippen LogP contribution in [0.4, 0.5) is 0 Å². The summed E-state index contributed by atoms with van der Waals surface area (Å²) >= 11 is 0. The first-order valence-corrected chi connectivity index (χ1v) is 15.6. The van der Waals surface area contributed by atoms with E-state index in [1.807, 2.05) is 0 Å². The quantitative estimate of drug-likeness (QED) is 0.131. The Bertz CT molecular complexity index is 3180. The topological polar surface area (TPSA) is 0 Å². The third kappa shape index (κ3) is 2.11. The first kappa shape index (κ1) is 21.0. The van der Waals surface area contributed by atoms with E-state index in [-0.39, 0.29) is 0 Å². The lowest BCUT2D eigenvalue weighted by Crippen LogP contribution is -1.93. The molecule has 44 heavy (non-hydrogen) atoms. The maximum absolute atomic E-state index is 2.51. The van der Waals surface area contributed by atoms with Crippen LogP contribution in [0.3, 0.4) is 0 Å². The molecule has 0 atom stereocenters. The lowest BCUT2D eigenvalue weighted by Gasteiger charge is -2.21. The largest absolute Gasteiger partial charge is 0.0610 e. The maximum Gasteiger partial charge on any atom is -0.000137 e. The Kier molecular flexibility index (Phi) is 3.15. The van der Waals surface area contributed by atoms with E-state index >= 15 is 0 Å². The van der Waals surface area contributed by atoms with Gasteiger partial charge in [-0.15, -0.1) is 0 Å². The van der Waals surface area contributed by atoms with E-state index in [4.69, 9.17) is 0 Å². The summed E-state index contributed by atoms with van der Waals surface area (Å²) in [5, 5.41) is 27.5. The van der Waals surface area contributed by atoms with Gasteiger partial charge < -0.3 is 0 Å². The van der Waals surface area contributed by atoms with Crippen molar-refractivity contribution in [3.05, 3.63) is 121 Å². The van der Waals surface area contributed by atoms with E-state index in [0.29, 0.717) is 0 Å². The van der Waals surface area contributed by atoms with Crippen LogP contribution in [-0.2, 0) is 0 Å². The van der Waals surface area contributed by atoms with Gasteiger partial charge in [0.2, 0.25) is 0 Å². The summed E-state index contributed by atoms with van der Waals surface area (Å²) < 4.78 is 0. The van der Waals surface area contributed by atoms with Gasteiger partial charge in [-0.1, -0.05) is 91.0 Å². The second-order valence-electron chi connectivity index (χ2n) is 13.2. The van der Waals surface area contributed by atoms with E-state index in [9.17, 15) is 0 Å². The van der Waals surface area contributed by atoms with Crippen molar-refractivity contribution < 1.29 is 0 Å². The molecule has 0 nitrogen and oxygen atoms in total. The molecule has 196 valence electrons. The van der Waals surface area contributed by atoms with Crippen LogP contribution in [0, 0.1) is 0 Å². The van der Waals surface area contributed by atoms with Crippen LogP contribution < -0.4 is 0 Å². The summed E-state index contributed by atoms with van der Waals surface area (Å²) in [5.74, 6) is 0. The van der Waals surface area contributed by atoms with Crippen LogP contribution in [0.2, 0.25) is 0 Å². The monoisotopic (exact) mass is 548 g/mol. The first-order chi connectivity index (χ1) is 21.8. The number of hydrogen-bond donors (Lipinski definition) is 0. The summed E-state index contributed by atoms with van der Waals surface area (Å²) in [6, 6.07) is 47.0. The molecule has 0 heterocycles. The second-order valence-corrected chi connectivity index (χ2v) is 13.2. The van der Waals surface area contributed by atoms with Crippen molar-refractivity contribution in [2.45, 2.75) is 0 Å². The van der Waals surface area contributed by atoms with Crippen molar-refractivity contribution in [1.82, 2.24) is 0 Å². The Hall–Kier alpha value is -5.72. The van der Waals surface area contributed by atoms with Gasteiger partial charge in [-0.3, -0.25) is 0 Å². The van der Waals surface area contributed by atoms with E-state index in [1.165, 1.54) is 130 Å². The minimum Gasteiger partial charge on any atom is -0.0610 e. The van der Waals surface area contributed by atoms with Crippen molar-refractivity contribution in [2.24, 2.45) is 0 Å². The van der Waals surface area contributed by atoms with Gasteiger partial charge in [0.25, 0.3) is 0 Å². The molecule has 0 N–H and O–H groups in total. The van der Waals surface area contributed by atoms with Crippen molar-refractivity contribution in [1.29, 1.82) is 0 Å². The first-order valence-electron chi connectivity index (χ1n) is 15.6. The Morgan fingerprint density at radius 2 is 0.636 bits per heavy atom. The fraction of sp³-hybridized carbons (Fsp3) is 0. The van der Waals surface area contributed by atoms with Gasteiger partial charge in [0.05, 0.1) is 0 Å². The average Bonchev–Trinajstić information content (AvgIpc) is 3.37. The lowest BCUT2D eigenvalue weighted by atomic mass is 9.81. The molecule has 1 aliphatic rings. The predicted molar refractivity (Wildman–Crippen MR) is 191 cm³/mol. The molecule has 0 radical (unpaired) electrons. The van der Waals surface area contributed by atoms with Crippen molar-refractivity contribution in [3.63, 3.8) is 0 Å².